The molecule has 1 aromatic rings. The molecular formula is C12H7BrO2. The van der Waals surface area contributed by atoms with Crippen LogP contribution in [0.2, 0.25) is 0 Å². The van der Waals surface area contributed by atoms with Crippen molar-refractivity contribution in [3.05, 3.63) is 35.9 Å². The first-order valence-corrected chi connectivity index (χ1v) is 4.94. The van der Waals surface area contributed by atoms with Crippen LogP contribution in [-0.2, 0) is 4.74 Å². The van der Waals surface area contributed by atoms with Crippen molar-refractivity contribution in [3.63, 3.8) is 0 Å². The highest BCUT2D eigenvalue weighted by Crippen LogP contribution is 2.00. The molecule has 0 radical (unpaired) electrons. The Morgan fingerprint density at radius 2 is 2.00 bits per heavy atom. The van der Waals surface area contributed by atoms with Crippen LogP contribution in [0.1, 0.15) is 10.4 Å². The summed E-state index contributed by atoms with van der Waals surface area (Å²) in [6, 6.07) is 8.77. The molecule has 15 heavy (non-hydrogen) atoms. The van der Waals surface area contributed by atoms with Crippen molar-refractivity contribution in [3.8, 4) is 22.6 Å². The molecule has 2 nitrogen and oxygen atoms in total. The number of hydrogen-bond donors (Lipinski definition) is 0. The Morgan fingerprint density at radius 3 is 2.67 bits per heavy atom. The van der Waals surface area contributed by atoms with Crippen molar-refractivity contribution < 1.29 is 9.53 Å². The van der Waals surface area contributed by atoms with Crippen LogP contribution >= 0.6 is 15.9 Å². The van der Waals surface area contributed by atoms with E-state index in [0.717, 1.165) is 0 Å². The van der Waals surface area contributed by atoms with Gasteiger partial charge in [0.1, 0.15) is 0 Å². The molecule has 0 saturated heterocycles. The monoisotopic (exact) mass is 262 g/mol. The van der Waals surface area contributed by atoms with Crippen LogP contribution < -0.4 is 0 Å². The van der Waals surface area contributed by atoms with Crippen LogP contribution in [0.25, 0.3) is 0 Å². The lowest BCUT2D eigenvalue weighted by atomic mass is 10.2. The molecule has 0 aliphatic heterocycles. The van der Waals surface area contributed by atoms with Gasteiger partial charge in [-0.3, -0.25) is 0 Å². The highest BCUT2D eigenvalue weighted by molar-refractivity contribution is 9.12. The maximum absolute atomic E-state index is 11.3. The number of carbonyl (C=O) groups is 1. The summed E-state index contributed by atoms with van der Waals surface area (Å²) in [5, 5.41) is 0. The van der Waals surface area contributed by atoms with E-state index >= 15 is 0 Å². The van der Waals surface area contributed by atoms with E-state index in [0.29, 0.717) is 5.56 Å². The van der Waals surface area contributed by atoms with Crippen LogP contribution in [0.15, 0.2) is 30.3 Å². The molecule has 3 heteroatoms. The zero-order chi connectivity index (χ0) is 10.9. The van der Waals surface area contributed by atoms with Crippen molar-refractivity contribution >= 4 is 21.9 Å². The number of hydrogen-bond acceptors (Lipinski definition) is 2. The highest BCUT2D eigenvalue weighted by Gasteiger charge is 2.03. The minimum absolute atomic E-state index is 0.0510. The third kappa shape index (κ3) is 4.35. The molecule has 0 aromatic heterocycles. The van der Waals surface area contributed by atoms with E-state index < -0.39 is 0 Å². The third-order valence-electron chi connectivity index (χ3n) is 1.48. The molecule has 74 valence electrons. The van der Waals surface area contributed by atoms with Crippen molar-refractivity contribution in [1.29, 1.82) is 0 Å². The highest BCUT2D eigenvalue weighted by atomic mass is 79.9. The van der Waals surface area contributed by atoms with E-state index in [4.69, 9.17) is 4.74 Å². The Kier molecular flexibility index (Phi) is 5.08. The van der Waals surface area contributed by atoms with Gasteiger partial charge in [0, 0.05) is 15.9 Å². The SMILES string of the molecule is O=C(OCC#CC#CBr)c1ccccc1. The number of benzene rings is 1. The number of halogens is 1. The molecule has 0 atom stereocenters. The van der Waals surface area contributed by atoms with E-state index in [2.05, 4.69) is 38.5 Å². The summed E-state index contributed by atoms with van der Waals surface area (Å²) >= 11 is 2.90. The van der Waals surface area contributed by atoms with Crippen molar-refractivity contribution in [2.45, 2.75) is 0 Å². The van der Waals surface area contributed by atoms with E-state index in [1.807, 2.05) is 6.07 Å². The second-order valence-corrected chi connectivity index (χ2v) is 2.86. The quantitative estimate of drug-likeness (QED) is 0.604. The normalized spacial score (nSPS) is 7.80. The summed E-state index contributed by atoms with van der Waals surface area (Å²) in [5.74, 6) is 7.19. The Balaban J connectivity index is 2.44. The molecule has 0 spiro atoms. The smallest absolute Gasteiger partial charge is 0.339 e. The average molecular weight is 263 g/mol. The van der Waals surface area contributed by atoms with Gasteiger partial charge in [0.2, 0.25) is 0 Å². The standard InChI is InChI=1S/C12H7BrO2/c13-9-5-2-6-10-15-12(14)11-7-3-1-4-8-11/h1,3-4,7-8H,10H2. The van der Waals surface area contributed by atoms with Gasteiger partial charge in [0.25, 0.3) is 0 Å². The topological polar surface area (TPSA) is 26.3 Å². The molecule has 1 aromatic carbocycles. The van der Waals surface area contributed by atoms with Gasteiger partial charge in [-0.05, 0) is 34.7 Å². The first kappa shape index (κ1) is 11.4. The van der Waals surface area contributed by atoms with Crippen molar-refractivity contribution in [2.24, 2.45) is 0 Å². The molecule has 0 fully saturated rings. The molecular weight excluding hydrogens is 256 g/mol. The summed E-state index contributed by atoms with van der Waals surface area (Å²) in [6.07, 6.45) is 0. The number of rotatable bonds is 2. The molecule has 0 saturated carbocycles. The van der Waals surface area contributed by atoms with Crippen LogP contribution in [0, 0.1) is 22.6 Å². The van der Waals surface area contributed by atoms with Gasteiger partial charge in [0.05, 0.1) is 5.56 Å². The maximum atomic E-state index is 11.3. The lowest BCUT2D eigenvalue weighted by Crippen LogP contribution is -2.04. The second kappa shape index (κ2) is 6.70. The van der Waals surface area contributed by atoms with Gasteiger partial charge < -0.3 is 4.74 Å². The molecule has 0 N–H and O–H groups in total. The summed E-state index contributed by atoms with van der Waals surface area (Å²) < 4.78 is 4.88. The van der Waals surface area contributed by atoms with Gasteiger partial charge in [-0.25, -0.2) is 4.79 Å². The fourth-order valence-electron chi connectivity index (χ4n) is 0.863. The van der Waals surface area contributed by atoms with Crippen LogP contribution in [-0.4, -0.2) is 12.6 Å². The van der Waals surface area contributed by atoms with Gasteiger partial charge in [-0.1, -0.05) is 18.2 Å². The molecule has 0 heterocycles. The van der Waals surface area contributed by atoms with Gasteiger partial charge in [0.15, 0.2) is 6.61 Å². The Morgan fingerprint density at radius 1 is 1.27 bits per heavy atom. The van der Waals surface area contributed by atoms with Crippen molar-refractivity contribution in [1.82, 2.24) is 0 Å². The Hall–Kier alpha value is -1.71. The first-order chi connectivity index (χ1) is 7.34. The molecule has 0 bridgehead atoms. The van der Waals surface area contributed by atoms with E-state index in [-0.39, 0.29) is 12.6 Å². The zero-order valence-electron chi connectivity index (χ0n) is 7.79. The summed E-state index contributed by atoms with van der Waals surface area (Å²) in [6.45, 7) is 0.0510. The Labute approximate surface area is 96.8 Å². The third-order valence-corrected chi connectivity index (χ3v) is 1.68. The fourth-order valence-corrected chi connectivity index (χ4v) is 0.962. The average Bonchev–Trinajstić information content (AvgIpc) is 2.30. The Bertz CT molecular complexity index is 443. The van der Waals surface area contributed by atoms with E-state index in [1.54, 1.807) is 24.3 Å². The molecule has 0 unspecified atom stereocenters. The van der Waals surface area contributed by atoms with Gasteiger partial charge in [-0.15, -0.1) is 0 Å². The fraction of sp³-hybridized carbons (Fsp3) is 0.0833. The van der Waals surface area contributed by atoms with Crippen LogP contribution in [0.4, 0.5) is 0 Å². The first-order valence-electron chi connectivity index (χ1n) is 4.15. The minimum Gasteiger partial charge on any atom is -0.449 e. The maximum Gasteiger partial charge on any atom is 0.339 e. The lowest BCUT2D eigenvalue weighted by Gasteiger charge is -1.98. The van der Waals surface area contributed by atoms with Crippen LogP contribution in [0.3, 0.4) is 0 Å². The minimum atomic E-state index is -0.378. The molecule has 0 aliphatic rings. The predicted molar refractivity (Wildman–Crippen MR) is 61.2 cm³/mol. The largest absolute Gasteiger partial charge is 0.449 e. The van der Waals surface area contributed by atoms with Gasteiger partial charge >= 0.3 is 5.97 Å². The van der Waals surface area contributed by atoms with E-state index in [9.17, 15) is 4.79 Å². The van der Waals surface area contributed by atoms with Crippen molar-refractivity contribution in [2.75, 3.05) is 6.61 Å². The predicted octanol–water partition coefficient (Wildman–Crippen LogP) is 2.20. The summed E-state index contributed by atoms with van der Waals surface area (Å²) in [4.78, 5) is 13.8. The number of esters is 1. The molecule has 1 rings (SSSR count). The summed E-state index contributed by atoms with van der Waals surface area (Å²) in [7, 11) is 0. The van der Waals surface area contributed by atoms with Gasteiger partial charge in [-0.2, -0.15) is 0 Å². The lowest BCUT2D eigenvalue weighted by molar-refractivity contribution is 0.0556. The zero-order valence-corrected chi connectivity index (χ0v) is 9.37. The van der Waals surface area contributed by atoms with E-state index in [1.165, 1.54) is 0 Å². The number of ether oxygens (including phenoxy) is 1. The summed E-state index contributed by atoms with van der Waals surface area (Å²) in [5.41, 5.74) is 0.519. The van der Waals surface area contributed by atoms with Crippen LogP contribution in [0.5, 0.6) is 0 Å². The molecule has 0 amide bonds. The number of carbonyl (C=O) groups excluding carboxylic acids is 1. The molecule has 0 aliphatic carbocycles. The second-order valence-electron chi connectivity index (χ2n) is 2.46.